The Morgan fingerprint density at radius 2 is 2.18 bits per heavy atom. The highest BCUT2D eigenvalue weighted by Gasteiger charge is 1.91. The SMILES string of the molecule is CC(=C=CCCCN=[N+]=[N-])Cc1ccccc1. The van der Waals surface area contributed by atoms with Gasteiger partial charge in [-0.1, -0.05) is 35.4 Å². The molecule has 0 aliphatic heterocycles. The molecule has 0 atom stereocenters. The smallest absolute Gasteiger partial charge is 0.0261 e. The molecule has 0 amide bonds. The third-order valence-electron chi connectivity index (χ3n) is 2.33. The van der Waals surface area contributed by atoms with E-state index >= 15 is 0 Å². The zero-order valence-corrected chi connectivity index (χ0v) is 10.1. The van der Waals surface area contributed by atoms with Crippen LogP contribution in [-0.4, -0.2) is 6.54 Å². The molecule has 3 heteroatoms. The fraction of sp³-hybridized carbons (Fsp3) is 0.357. The number of hydrogen-bond acceptors (Lipinski definition) is 1. The summed E-state index contributed by atoms with van der Waals surface area (Å²) in [6, 6.07) is 10.4. The molecule has 1 rings (SSSR count). The van der Waals surface area contributed by atoms with Crippen LogP contribution < -0.4 is 0 Å². The summed E-state index contributed by atoms with van der Waals surface area (Å²) in [6.07, 6.45) is 4.75. The average molecular weight is 227 g/mol. The van der Waals surface area contributed by atoms with Crippen molar-refractivity contribution in [3.63, 3.8) is 0 Å². The highest BCUT2D eigenvalue weighted by molar-refractivity contribution is 5.20. The number of unbranched alkanes of at least 4 members (excludes halogenated alkanes) is 1. The maximum absolute atomic E-state index is 8.10. The lowest BCUT2D eigenvalue weighted by Crippen LogP contribution is -1.84. The van der Waals surface area contributed by atoms with Crippen LogP contribution in [0.1, 0.15) is 25.3 Å². The highest BCUT2D eigenvalue weighted by Crippen LogP contribution is 2.06. The Bertz CT molecular complexity index is 436. The number of azide groups is 1. The molecule has 3 nitrogen and oxygen atoms in total. The Labute approximate surface area is 102 Å². The molecule has 0 fully saturated rings. The normalized spacial score (nSPS) is 9.00. The van der Waals surface area contributed by atoms with Crippen LogP contribution in [0, 0.1) is 0 Å². The van der Waals surface area contributed by atoms with Gasteiger partial charge in [-0.25, -0.2) is 0 Å². The molecule has 0 aliphatic rings. The van der Waals surface area contributed by atoms with E-state index in [0.717, 1.165) is 19.3 Å². The first-order chi connectivity index (χ1) is 8.33. The Balaban J connectivity index is 2.38. The van der Waals surface area contributed by atoms with Gasteiger partial charge in [0.05, 0.1) is 0 Å². The van der Waals surface area contributed by atoms with Crippen molar-refractivity contribution < 1.29 is 0 Å². The van der Waals surface area contributed by atoms with Gasteiger partial charge in [0.25, 0.3) is 0 Å². The van der Waals surface area contributed by atoms with Crippen LogP contribution in [0.4, 0.5) is 0 Å². The fourth-order valence-electron chi connectivity index (χ4n) is 1.51. The highest BCUT2D eigenvalue weighted by atomic mass is 15.1. The number of rotatable bonds is 6. The van der Waals surface area contributed by atoms with E-state index < -0.39 is 0 Å². The van der Waals surface area contributed by atoms with E-state index in [4.69, 9.17) is 5.53 Å². The van der Waals surface area contributed by atoms with Gasteiger partial charge in [-0.05, 0) is 42.5 Å². The summed E-state index contributed by atoms with van der Waals surface area (Å²) in [7, 11) is 0. The molecular weight excluding hydrogens is 210 g/mol. The van der Waals surface area contributed by atoms with Crippen LogP contribution in [0.15, 0.2) is 52.8 Å². The quantitative estimate of drug-likeness (QED) is 0.227. The Morgan fingerprint density at radius 1 is 1.41 bits per heavy atom. The Morgan fingerprint density at radius 3 is 2.88 bits per heavy atom. The second-order valence-corrected chi connectivity index (χ2v) is 3.89. The van der Waals surface area contributed by atoms with E-state index in [9.17, 15) is 0 Å². The van der Waals surface area contributed by atoms with Gasteiger partial charge >= 0.3 is 0 Å². The third-order valence-corrected chi connectivity index (χ3v) is 2.33. The summed E-state index contributed by atoms with van der Waals surface area (Å²) in [5.41, 5.74) is 13.9. The van der Waals surface area contributed by atoms with Crippen LogP contribution in [0.25, 0.3) is 10.4 Å². The monoisotopic (exact) mass is 227 g/mol. The number of nitrogens with zero attached hydrogens (tertiary/aromatic N) is 3. The molecule has 0 aromatic heterocycles. The summed E-state index contributed by atoms with van der Waals surface area (Å²) < 4.78 is 0. The number of benzene rings is 1. The second-order valence-electron chi connectivity index (χ2n) is 3.89. The molecule has 0 aliphatic carbocycles. The van der Waals surface area contributed by atoms with Crippen molar-refractivity contribution in [1.29, 1.82) is 0 Å². The summed E-state index contributed by atoms with van der Waals surface area (Å²) >= 11 is 0. The molecule has 0 N–H and O–H groups in total. The van der Waals surface area contributed by atoms with Crippen molar-refractivity contribution in [1.82, 2.24) is 0 Å². The van der Waals surface area contributed by atoms with E-state index in [0.29, 0.717) is 6.54 Å². The van der Waals surface area contributed by atoms with E-state index in [-0.39, 0.29) is 0 Å². The number of allylic oxidation sites excluding steroid dienone is 1. The van der Waals surface area contributed by atoms with E-state index in [1.54, 1.807) is 0 Å². The molecule has 0 radical (unpaired) electrons. The Kier molecular flexibility index (Phi) is 6.35. The summed E-state index contributed by atoms with van der Waals surface area (Å²) in [4.78, 5) is 2.71. The predicted octanol–water partition coefficient (Wildman–Crippen LogP) is 4.42. The van der Waals surface area contributed by atoms with Crippen molar-refractivity contribution in [3.05, 3.63) is 63.7 Å². The Hall–Kier alpha value is -1.95. The lowest BCUT2D eigenvalue weighted by Gasteiger charge is -1.98. The van der Waals surface area contributed by atoms with Gasteiger partial charge in [-0.2, -0.15) is 0 Å². The first kappa shape index (κ1) is 13.1. The lowest BCUT2D eigenvalue weighted by molar-refractivity contribution is 0.848. The molecule has 0 bridgehead atoms. The molecule has 0 spiro atoms. The minimum Gasteiger partial charge on any atom is -0.126 e. The molecular formula is C14H17N3. The third kappa shape index (κ3) is 6.26. The van der Waals surface area contributed by atoms with Crippen molar-refractivity contribution in [3.8, 4) is 0 Å². The summed E-state index contributed by atoms with van der Waals surface area (Å²) in [5.74, 6) is 0. The second kappa shape index (κ2) is 8.23. The topological polar surface area (TPSA) is 48.8 Å². The summed E-state index contributed by atoms with van der Waals surface area (Å²) in [6.45, 7) is 2.64. The van der Waals surface area contributed by atoms with Gasteiger partial charge in [-0.3, -0.25) is 0 Å². The maximum atomic E-state index is 8.10. The van der Waals surface area contributed by atoms with Crippen LogP contribution in [0.2, 0.25) is 0 Å². The number of hydrogen-bond donors (Lipinski definition) is 0. The average Bonchev–Trinajstić information content (AvgIpc) is 2.35. The van der Waals surface area contributed by atoms with Gasteiger partial charge < -0.3 is 0 Å². The minimum atomic E-state index is 0.562. The standard InChI is InChI=1S/C14H17N3/c1-13(8-4-3-7-11-16-17-15)12-14-9-5-2-6-10-14/h2,4-6,9-10H,3,7,11-12H2,1H3. The molecule has 88 valence electrons. The van der Waals surface area contributed by atoms with Gasteiger partial charge in [0.2, 0.25) is 0 Å². The van der Waals surface area contributed by atoms with Crippen molar-refractivity contribution >= 4 is 0 Å². The molecule has 1 aromatic carbocycles. The zero-order chi connectivity index (χ0) is 12.3. The van der Waals surface area contributed by atoms with Crippen LogP contribution >= 0.6 is 0 Å². The van der Waals surface area contributed by atoms with Gasteiger partial charge in [-0.15, -0.1) is 5.73 Å². The van der Waals surface area contributed by atoms with Crippen LogP contribution in [-0.2, 0) is 6.42 Å². The van der Waals surface area contributed by atoms with E-state index in [1.165, 1.54) is 11.1 Å². The lowest BCUT2D eigenvalue weighted by atomic mass is 10.1. The molecule has 17 heavy (non-hydrogen) atoms. The molecule has 0 unspecified atom stereocenters. The molecule has 0 saturated carbocycles. The summed E-state index contributed by atoms with van der Waals surface area (Å²) in [5, 5.41) is 3.48. The van der Waals surface area contributed by atoms with E-state index in [2.05, 4.69) is 34.8 Å². The first-order valence-corrected chi connectivity index (χ1v) is 5.78. The molecule has 0 saturated heterocycles. The van der Waals surface area contributed by atoms with Crippen molar-refractivity contribution in [2.24, 2.45) is 5.11 Å². The zero-order valence-electron chi connectivity index (χ0n) is 10.1. The maximum Gasteiger partial charge on any atom is 0.0261 e. The fourth-order valence-corrected chi connectivity index (χ4v) is 1.51. The largest absolute Gasteiger partial charge is 0.126 e. The van der Waals surface area contributed by atoms with E-state index in [1.807, 2.05) is 24.3 Å². The van der Waals surface area contributed by atoms with Crippen LogP contribution in [0.3, 0.4) is 0 Å². The van der Waals surface area contributed by atoms with Gasteiger partial charge in [0.1, 0.15) is 0 Å². The van der Waals surface area contributed by atoms with Gasteiger partial charge in [0.15, 0.2) is 0 Å². The minimum absolute atomic E-state index is 0.562. The molecule has 0 heterocycles. The van der Waals surface area contributed by atoms with Crippen LogP contribution in [0.5, 0.6) is 0 Å². The van der Waals surface area contributed by atoms with Crippen molar-refractivity contribution in [2.75, 3.05) is 6.54 Å². The predicted molar refractivity (Wildman–Crippen MR) is 70.7 cm³/mol. The first-order valence-electron chi connectivity index (χ1n) is 5.78. The molecule has 1 aromatic rings. The van der Waals surface area contributed by atoms with Crippen molar-refractivity contribution in [2.45, 2.75) is 26.2 Å². The van der Waals surface area contributed by atoms with Gasteiger partial charge in [0, 0.05) is 17.9 Å².